The molecule has 2 aromatic rings. The highest BCUT2D eigenvalue weighted by molar-refractivity contribution is 5.91. The van der Waals surface area contributed by atoms with Gasteiger partial charge < -0.3 is 41.0 Å². The fraction of sp³-hybridized carbons (Fsp3) is 0.581. The molecule has 5 heterocycles. The van der Waals surface area contributed by atoms with E-state index in [4.69, 9.17) is 16.9 Å². The number of benzene rings is 1. The van der Waals surface area contributed by atoms with Crippen LogP contribution in [0, 0.1) is 29.1 Å². The standard InChI is InChI=1S/C43H57N5O6/c1-7-13-32-30(42-20-23-48-22-12-18-40(9-3,34(42)48)36(49)43(53,37(44)50)35(42)47(32)5)16-19-41(38(51)54-6)25-27(4)24-39(52,8-2)26-45-21-17-29-28-14-10-11-15-31(28)46-33(29)41/h1,10-16,18,27,34-36,45-46,49,52-53H,8-9,17,19-26H2,2-6H3,(H2,44,50)/b30-16+,32-13+/t27-,34?,35?,36-,39?,40-,41-,42-,43+/m1/s1. The van der Waals surface area contributed by atoms with Gasteiger partial charge in [0.15, 0.2) is 5.60 Å². The lowest BCUT2D eigenvalue weighted by molar-refractivity contribution is -0.220. The summed E-state index contributed by atoms with van der Waals surface area (Å²) in [6.07, 6.45) is 15.6. The second kappa shape index (κ2) is 13.7. The molecule has 5 aliphatic rings. The van der Waals surface area contributed by atoms with E-state index >= 15 is 0 Å². The lowest BCUT2D eigenvalue weighted by Crippen LogP contribution is -2.79. The Morgan fingerprint density at radius 1 is 1.17 bits per heavy atom. The van der Waals surface area contributed by atoms with Crippen LogP contribution in [-0.2, 0) is 26.2 Å². The van der Waals surface area contributed by atoms with Crippen LogP contribution >= 0.6 is 0 Å². The van der Waals surface area contributed by atoms with Crippen LogP contribution in [0.2, 0.25) is 0 Å². The van der Waals surface area contributed by atoms with E-state index in [1.165, 1.54) is 7.11 Å². The molecule has 9 atom stereocenters. The minimum atomic E-state index is -2.33. The highest BCUT2D eigenvalue weighted by Gasteiger charge is 2.79. The van der Waals surface area contributed by atoms with Crippen LogP contribution in [-0.4, -0.2) is 112 Å². The number of carbonyl (C=O) groups is 2. The molecule has 4 aliphatic heterocycles. The smallest absolute Gasteiger partial charge is 0.318 e. The molecule has 0 bridgehead atoms. The SMILES string of the molecule is C#C/C=C1\C(=C/C[C@@]2(C(=O)OC)C[C@H](C)CC(O)(CC)CNCCc3c2[nH]c2ccccc32)[C@]23CCN4CC=C[C@](CC)(C42)[C@@H](O)[C@](O)(C(N)=O)C3N1C. The van der Waals surface area contributed by atoms with Crippen molar-refractivity contribution in [2.45, 2.75) is 101 Å². The third-order valence-corrected chi connectivity index (χ3v) is 14.2. The number of β-amino-alcohol motifs (C(OH)–C–C–N with tert-alkyl or cyclic N) is 1. The summed E-state index contributed by atoms with van der Waals surface area (Å²) < 4.78 is 5.77. The molecular weight excluding hydrogens is 683 g/mol. The van der Waals surface area contributed by atoms with Gasteiger partial charge in [-0.05, 0) is 81.2 Å². The molecule has 11 nitrogen and oxygen atoms in total. The van der Waals surface area contributed by atoms with E-state index in [1.54, 1.807) is 13.1 Å². The molecule has 2 saturated heterocycles. The summed E-state index contributed by atoms with van der Waals surface area (Å²) in [6, 6.07) is 6.85. The number of aliphatic hydroxyl groups is 3. The van der Waals surface area contributed by atoms with Gasteiger partial charge in [-0.2, -0.15) is 0 Å². The monoisotopic (exact) mass is 739 g/mol. The first-order valence-corrected chi connectivity index (χ1v) is 19.6. The number of H-pyrrole nitrogens is 1. The maximum atomic E-state index is 14.8. The van der Waals surface area contributed by atoms with Crippen LogP contribution in [0.4, 0.5) is 0 Å². The predicted molar refractivity (Wildman–Crippen MR) is 208 cm³/mol. The molecule has 3 fully saturated rings. The van der Waals surface area contributed by atoms with Crippen molar-refractivity contribution < 1.29 is 29.6 Å². The molecule has 54 heavy (non-hydrogen) atoms. The van der Waals surface area contributed by atoms with Gasteiger partial charge in [-0.1, -0.05) is 63.1 Å². The maximum absolute atomic E-state index is 14.8. The number of nitrogens with zero attached hydrogens (tertiary/aromatic N) is 2. The van der Waals surface area contributed by atoms with E-state index in [0.29, 0.717) is 70.4 Å². The van der Waals surface area contributed by atoms with Gasteiger partial charge in [-0.15, -0.1) is 6.42 Å². The molecular formula is C43H57N5O6. The van der Waals surface area contributed by atoms with Crippen molar-refractivity contribution in [2.24, 2.45) is 22.5 Å². The van der Waals surface area contributed by atoms with Crippen molar-refractivity contribution in [2.75, 3.05) is 40.3 Å². The minimum Gasteiger partial charge on any atom is -0.468 e. The highest BCUT2D eigenvalue weighted by atomic mass is 16.5. The zero-order chi connectivity index (χ0) is 38.8. The van der Waals surface area contributed by atoms with Gasteiger partial charge in [0.05, 0.1) is 18.8 Å². The summed E-state index contributed by atoms with van der Waals surface area (Å²) in [5.74, 6) is 1.23. The summed E-state index contributed by atoms with van der Waals surface area (Å²) in [4.78, 5) is 36.3. The number of likely N-dealkylation sites (tertiary alicyclic amines) is 1. The van der Waals surface area contributed by atoms with Crippen molar-refractivity contribution >= 4 is 22.8 Å². The number of likely N-dealkylation sites (N-methyl/N-ethyl adjacent to an activating group) is 1. The number of primary amides is 1. The van der Waals surface area contributed by atoms with Gasteiger partial charge in [0.2, 0.25) is 0 Å². The number of carbonyl (C=O) groups excluding carboxylic acids is 2. The quantitative estimate of drug-likeness (QED) is 0.149. The number of nitrogens with two attached hydrogens (primary N) is 1. The molecule has 1 spiro atoms. The minimum absolute atomic E-state index is 0.104. The van der Waals surface area contributed by atoms with E-state index in [-0.39, 0.29) is 18.4 Å². The summed E-state index contributed by atoms with van der Waals surface area (Å²) >= 11 is 0. The van der Waals surface area contributed by atoms with Crippen molar-refractivity contribution in [1.29, 1.82) is 0 Å². The van der Waals surface area contributed by atoms with E-state index in [1.807, 2.05) is 49.1 Å². The summed E-state index contributed by atoms with van der Waals surface area (Å²) in [5, 5.41) is 41.1. The molecule has 1 aromatic carbocycles. The number of hydrogen-bond donors (Lipinski definition) is 6. The summed E-state index contributed by atoms with van der Waals surface area (Å²) in [7, 11) is 3.23. The Morgan fingerprint density at radius 2 is 1.93 bits per heavy atom. The number of fused-ring (bicyclic) bond motifs is 3. The molecule has 11 heteroatoms. The maximum Gasteiger partial charge on any atom is 0.318 e. The van der Waals surface area contributed by atoms with Gasteiger partial charge >= 0.3 is 5.97 Å². The summed E-state index contributed by atoms with van der Waals surface area (Å²) in [6.45, 7) is 8.42. The van der Waals surface area contributed by atoms with Crippen molar-refractivity contribution in [3.63, 3.8) is 0 Å². The third kappa shape index (κ3) is 5.21. The largest absolute Gasteiger partial charge is 0.468 e. The number of methoxy groups -OCH3 is 1. The number of ether oxygens (including phenoxy) is 1. The molecule has 7 N–H and O–H groups in total. The van der Waals surface area contributed by atoms with Gasteiger partial charge in [-0.25, -0.2) is 0 Å². The molecule has 1 amide bonds. The molecule has 290 valence electrons. The van der Waals surface area contributed by atoms with Gasteiger partial charge in [-0.3, -0.25) is 14.5 Å². The molecule has 7 rings (SSSR count). The Morgan fingerprint density at radius 3 is 2.61 bits per heavy atom. The first-order chi connectivity index (χ1) is 25.7. The van der Waals surface area contributed by atoms with Crippen LogP contribution in [0.1, 0.15) is 70.6 Å². The Balaban J connectivity index is 1.50. The third-order valence-electron chi connectivity index (χ3n) is 14.2. The molecule has 1 aromatic heterocycles. The predicted octanol–water partition coefficient (Wildman–Crippen LogP) is 3.05. The number of amides is 1. The highest BCUT2D eigenvalue weighted by Crippen LogP contribution is 2.68. The van der Waals surface area contributed by atoms with Gasteiger partial charge in [0, 0.05) is 65.4 Å². The van der Waals surface area contributed by atoms with Gasteiger partial charge in [0.1, 0.15) is 11.5 Å². The normalized spacial score (nSPS) is 39.5. The number of aliphatic hydroxyl groups excluding tert-OH is 1. The lowest BCUT2D eigenvalue weighted by atomic mass is 9.47. The van der Waals surface area contributed by atoms with Crippen LogP contribution < -0.4 is 11.1 Å². The molecule has 1 saturated carbocycles. The Hall–Kier alpha value is -3.92. The number of para-hydroxylation sites is 1. The fourth-order valence-electron chi connectivity index (χ4n) is 12.0. The Kier molecular flexibility index (Phi) is 9.72. The molecule has 1 aliphatic carbocycles. The Labute approximate surface area is 318 Å². The van der Waals surface area contributed by atoms with Crippen LogP contribution in [0.15, 0.2) is 59.8 Å². The van der Waals surface area contributed by atoms with Crippen LogP contribution in [0.5, 0.6) is 0 Å². The van der Waals surface area contributed by atoms with Crippen LogP contribution in [0.25, 0.3) is 10.9 Å². The van der Waals surface area contributed by atoms with Gasteiger partial charge in [0.25, 0.3) is 5.91 Å². The number of esters is 1. The second-order valence-electron chi connectivity index (χ2n) is 16.8. The zero-order valence-corrected chi connectivity index (χ0v) is 32.3. The summed E-state index contributed by atoms with van der Waals surface area (Å²) in [5.41, 5.74) is 3.94. The number of rotatable bonds is 6. The zero-order valence-electron chi connectivity index (χ0n) is 32.3. The van der Waals surface area contributed by atoms with Crippen molar-refractivity contribution in [3.05, 3.63) is 71.1 Å². The Bertz CT molecular complexity index is 1960. The lowest BCUT2D eigenvalue weighted by Gasteiger charge is -2.63. The number of allylic oxidation sites excluding steroid dienone is 3. The fourth-order valence-corrected chi connectivity index (χ4v) is 12.0. The van der Waals surface area contributed by atoms with Crippen molar-refractivity contribution in [3.8, 4) is 12.3 Å². The molecule has 3 unspecified atom stereocenters. The average molecular weight is 740 g/mol. The van der Waals surface area contributed by atoms with E-state index < -0.39 is 51.5 Å². The first-order valence-electron chi connectivity index (χ1n) is 19.6. The molecule has 0 radical (unpaired) electrons. The number of terminal acetylenes is 1. The average Bonchev–Trinajstić information content (AvgIpc) is 3.80. The number of aromatic nitrogens is 1. The van der Waals surface area contributed by atoms with E-state index in [0.717, 1.165) is 27.7 Å². The van der Waals surface area contributed by atoms with Crippen LogP contribution in [0.3, 0.4) is 0 Å². The first kappa shape index (κ1) is 38.4. The topological polar surface area (TPSA) is 164 Å². The second-order valence-corrected chi connectivity index (χ2v) is 16.8. The number of nitrogens with one attached hydrogen (secondary N) is 2. The number of aromatic amines is 1. The van der Waals surface area contributed by atoms with E-state index in [9.17, 15) is 24.9 Å². The van der Waals surface area contributed by atoms with E-state index in [2.05, 4.69) is 40.2 Å². The van der Waals surface area contributed by atoms with Crippen molar-refractivity contribution in [1.82, 2.24) is 20.1 Å². The number of hydrogen-bond acceptors (Lipinski definition) is 9.